The molecule has 1 aromatic carbocycles. The fourth-order valence-electron chi connectivity index (χ4n) is 4.19. The molecule has 1 aliphatic heterocycles. The molecule has 3 aromatic rings. The van der Waals surface area contributed by atoms with Gasteiger partial charge in [0.05, 0.1) is 10.9 Å². The molecule has 0 spiro atoms. The molecule has 2 amide bonds. The van der Waals surface area contributed by atoms with E-state index in [0.29, 0.717) is 31.8 Å². The SMILES string of the molecule is CCC(C)c1ccc(C(NC(=O)C2CCN(C(=O)c3cccs3)CC2)c2cccs2)cc1. The maximum atomic E-state index is 13.2. The number of carbonyl (C=O) groups is 2. The molecular formula is C26H30N2O2S2. The number of rotatable bonds is 7. The third-order valence-electron chi connectivity index (χ3n) is 6.45. The lowest BCUT2D eigenvalue weighted by Gasteiger charge is -2.32. The van der Waals surface area contributed by atoms with Crippen molar-refractivity contribution in [2.75, 3.05) is 13.1 Å². The number of nitrogens with zero attached hydrogens (tertiary/aromatic N) is 1. The van der Waals surface area contributed by atoms with Crippen LogP contribution in [-0.4, -0.2) is 29.8 Å². The Morgan fingerprint density at radius 1 is 1.00 bits per heavy atom. The molecule has 4 nitrogen and oxygen atoms in total. The highest BCUT2D eigenvalue weighted by molar-refractivity contribution is 7.12. The van der Waals surface area contributed by atoms with Gasteiger partial charge in [0.15, 0.2) is 0 Å². The van der Waals surface area contributed by atoms with Crippen molar-refractivity contribution < 1.29 is 9.59 Å². The minimum Gasteiger partial charge on any atom is -0.344 e. The predicted molar refractivity (Wildman–Crippen MR) is 132 cm³/mol. The molecule has 1 aliphatic rings. The van der Waals surface area contributed by atoms with Gasteiger partial charge in [-0.25, -0.2) is 0 Å². The fraction of sp³-hybridized carbons (Fsp3) is 0.385. The van der Waals surface area contributed by atoms with Crippen molar-refractivity contribution in [3.05, 3.63) is 80.2 Å². The van der Waals surface area contributed by atoms with Crippen LogP contribution in [0.4, 0.5) is 0 Å². The number of benzene rings is 1. The van der Waals surface area contributed by atoms with Crippen molar-refractivity contribution in [2.45, 2.75) is 45.1 Å². The minimum absolute atomic E-state index is 0.0655. The van der Waals surface area contributed by atoms with Crippen LogP contribution in [0, 0.1) is 5.92 Å². The Bertz CT molecular complexity index is 1000. The first-order valence-corrected chi connectivity index (χ1v) is 13.1. The molecule has 4 rings (SSSR count). The zero-order chi connectivity index (χ0) is 22.5. The van der Waals surface area contributed by atoms with Gasteiger partial charge < -0.3 is 10.2 Å². The van der Waals surface area contributed by atoms with Crippen LogP contribution in [0.2, 0.25) is 0 Å². The average molecular weight is 467 g/mol. The van der Waals surface area contributed by atoms with E-state index in [1.807, 2.05) is 28.5 Å². The number of nitrogens with one attached hydrogen (secondary N) is 1. The van der Waals surface area contributed by atoms with Gasteiger partial charge in [0, 0.05) is 23.9 Å². The van der Waals surface area contributed by atoms with Gasteiger partial charge in [-0.3, -0.25) is 9.59 Å². The van der Waals surface area contributed by atoms with Gasteiger partial charge in [-0.15, -0.1) is 22.7 Å². The molecule has 0 aliphatic carbocycles. The van der Waals surface area contributed by atoms with E-state index < -0.39 is 0 Å². The molecule has 1 N–H and O–H groups in total. The van der Waals surface area contributed by atoms with Gasteiger partial charge in [-0.05, 0) is 59.2 Å². The van der Waals surface area contributed by atoms with Crippen LogP contribution in [0.5, 0.6) is 0 Å². The van der Waals surface area contributed by atoms with Crippen LogP contribution in [-0.2, 0) is 4.79 Å². The highest BCUT2D eigenvalue weighted by atomic mass is 32.1. The van der Waals surface area contributed by atoms with Gasteiger partial charge >= 0.3 is 0 Å². The van der Waals surface area contributed by atoms with Crippen LogP contribution in [0.25, 0.3) is 0 Å². The molecule has 2 atom stereocenters. The number of piperidine rings is 1. The zero-order valence-electron chi connectivity index (χ0n) is 18.6. The summed E-state index contributed by atoms with van der Waals surface area (Å²) in [4.78, 5) is 29.6. The smallest absolute Gasteiger partial charge is 0.263 e. The van der Waals surface area contributed by atoms with Gasteiger partial charge in [0.2, 0.25) is 5.91 Å². The van der Waals surface area contributed by atoms with E-state index in [1.54, 1.807) is 11.3 Å². The topological polar surface area (TPSA) is 49.4 Å². The Labute approximate surface area is 198 Å². The van der Waals surface area contributed by atoms with Gasteiger partial charge in [0.25, 0.3) is 5.91 Å². The average Bonchev–Trinajstić information content (AvgIpc) is 3.56. The number of carbonyl (C=O) groups excluding carboxylic acids is 2. The molecule has 1 saturated heterocycles. The lowest BCUT2D eigenvalue weighted by Crippen LogP contribution is -2.43. The summed E-state index contributed by atoms with van der Waals surface area (Å²) in [5.74, 6) is 0.625. The monoisotopic (exact) mass is 466 g/mol. The second-order valence-corrected chi connectivity index (χ2v) is 10.4. The summed E-state index contributed by atoms with van der Waals surface area (Å²) in [6.07, 6.45) is 2.51. The van der Waals surface area contributed by atoms with Gasteiger partial charge in [-0.1, -0.05) is 50.2 Å². The molecule has 0 bridgehead atoms. The van der Waals surface area contributed by atoms with E-state index >= 15 is 0 Å². The molecule has 6 heteroatoms. The zero-order valence-corrected chi connectivity index (χ0v) is 20.3. The van der Waals surface area contributed by atoms with Crippen LogP contribution < -0.4 is 5.32 Å². The summed E-state index contributed by atoms with van der Waals surface area (Å²) in [6, 6.07) is 16.4. The first-order valence-electron chi connectivity index (χ1n) is 11.3. The van der Waals surface area contributed by atoms with Crippen molar-refractivity contribution in [3.63, 3.8) is 0 Å². The summed E-state index contributed by atoms with van der Waals surface area (Å²) in [5, 5.41) is 7.29. The third-order valence-corrected chi connectivity index (χ3v) is 8.25. The molecule has 2 aromatic heterocycles. The molecule has 0 radical (unpaired) electrons. The Hall–Kier alpha value is -2.44. The Balaban J connectivity index is 1.42. The first-order chi connectivity index (χ1) is 15.6. The molecule has 0 saturated carbocycles. The Kier molecular flexibility index (Phi) is 7.43. The second kappa shape index (κ2) is 10.5. The Morgan fingerprint density at radius 2 is 1.66 bits per heavy atom. The quantitative estimate of drug-likeness (QED) is 0.459. The highest BCUT2D eigenvalue weighted by Gasteiger charge is 2.30. The van der Waals surface area contributed by atoms with Crippen LogP contribution in [0.3, 0.4) is 0 Å². The van der Waals surface area contributed by atoms with Crippen molar-refractivity contribution in [1.29, 1.82) is 0 Å². The van der Waals surface area contributed by atoms with Gasteiger partial charge in [0.1, 0.15) is 0 Å². The predicted octanol–water partition coefficient (Wildman–Crippen LogP) is 6.08. The normalized spacial score (nSPS) is 16.5. The number of likely N-dealkylation sites (tertiary alicyclic amines) is 1. The van der Waals surface area contributed by atoms with E-state index in [2.05, 4.69) is 54.9 Å². The van der Waals surface area contributed by atoms with Crippen molar-refractivity contribution in [3.8, 4) is 0 Å². The maximum absolute atomic E-state index is 13.2. The second-order valence-electron chi connectivity index (χ2n) is 8.48. The third kappa shape index (κ3) is 5.13. The highest BCUT2D eigenvalue weighted by Crippen LogP contribution is 2.29. The van der Waals surface area contributed by atoms with Crippen LogP contribution in [0.1, 0.15) is 70.7 Å². The van der Waals surface area contributed by atoms with Crippen molar-refractivity contribution >= 4 is 34.5 Å². The summed E-state index contributed by atoms with van der Waals surface area (Å²) in [5.41, 5.74) is 2.44. The number of thiophene rings is 2. The minimum atomic E-state index is -0.140. The summed E-state index contributed by atoms with van der Waals surface area (Å²) >= 11 is 3.14. The molecule has 1 fully saturated rings. The summed E-state index contributed by atoms with van der Waals surface area (Å²) in [6.45, 7) is 5.69. The number of amides is 2. The molecule has 32 heavy (non-hydrogen) atoms. The van der Waals surface area contributed by atoms with E-state index in [-0.39, 0.29) is 23.8 Å². The number of hydrogen-bond acceptors (Lipinski definition) is 4. The lowest BCUT2D eigenvalue weighted by molar-refractivity contribution is -0.126. The van der Waals surface area contributed by atoms with Gasteiger partial charge in [-0.2, -0.15) is 0 Å². The first kappa shape index (κ1) is 22.7. The number of hydrogen-bond donors (Lipinski definition) is 1. The van der Waals surface area contributed by atoms with Crippen LogP contribution in [0.15, 0.2) is 59.3 Å². The van der Waals surface area contributed by atoms with Crippen molar-refractivity contribution in [1.82, 2.24) is 10.2 Å². The maximum Gasteiger partial charge on any atom is 0.263 e. The van der Waals surface area contributed by atoms with Crippen molar-refractivity contribution in [2.24, 2.45) is 5.92 Å². The largest absolute Gasteiger partial charge is 0.344 e. The molecule has 168 valence electrons. The summed E-state index contributed by atoms with van der Waals surface area (Å²) in [7, 11) is 0. The van der Waals surface area contributed by atoms with E-state index in [0.717, 1.165) is 21.7 Å². The standard InChI is InChI=1S/C26H30N2O2S2/c1-3-18(2)19-8-10-20(11-9-19)24(22-6-4-16-31-22)27-25(29)21-12-14-28(15-13-21)26(30)23-7-5-17-32-23/h4-11,16-18,21,24H,3,12-15H2,1-2H3,(H,27,29). The van der Waals surface area contributed by atoms with E-state index in [4.69, 9.17) is 0 Å². The Morgan fingerprint density at radius 3 is 2.25 bits per heavy atom. The fourth-order valence-corrected chi connectivity index (χ4v) is 5.68. The molecular weight excluding hydrogens is 436 g/mol. The molecule has 2 unspecified atom stereocenters. The molecule has 3 heterocycles. The van der Waals surface area contributed by atoms with Crippen LogP contribution >= 0.6 is 22.7 Å². The van der Waals surface area contributed by atoms with E-state index in [9.17, 15) is 9.59 Å². The lowest BCUT2D eigenvalue weighted by atomic mass is 9.93. The summed E-state index contributed by atoms with van der Waals surface area (Å²) < 4.78 is 0. The van der Waals surface area contributed by atoms with E-state index in [1.165, 1.54) is 16.9 Å².